The number of nitrogens with one attached hydrogen (secondary N) is 2. The normalized spacial score (nSPS) is 30.8. The minimum absolute atomic E-state index is 0.283. The van der Waals surface area contributed by atoms with Crippen LogP contribution in [-0.4, -0.2) is 64.7 Å². The van der Waals surface area contributed by atoms with Gasteiger partial charge in [0.25, 0.3) is 0 Å². The molecule has 6 atom stereocenters. The van der Waals surface area contributed by atoms with Crippen LogP contribution in [-0.2, 0) is 25.5 Å². The number of para-hydroxylation sites is 1. The van der Waals surface area contributed by atoms with Gasteiger partial charge in [0, 0.05) is 7.05 Å². The summed E-state index contributed by atoms with van der Waals surface area (Å²) >= 11 is 6.42. The van der Waals surface area contributed by atoms with E-state index in [-0.39, 0.29) is 18.4 Å². The van der Waals surface area contributed by atoms with Crippen molar-refractivity contribution in [2.45, 2.75) is 56.4 Å². The van der Waals surface area contributed by atoms with Gasteiger partial charge in [-0.15, -0.1) is 0 Å². The molecule has 8 nitrogen and oxygen atoms in total. The van der Waals surface area contributed by atoms with E-state index in [0.29, 0.717) is 30.0 Å². The van der Waals surface area contributed by atoms with E-state index in [9.17, 15) is 19.5 Å². The number of carbonyl (C=O) groups is 3. The number of halogens is 1. The van der Waals surface area contributed by atoms with Gasteiger partial charge in [-0.3, -0.25) is 14.4 Å². The van der Waals surface area contributed by atoms with E-state index in [1.807, 2.05) is 50.2 Å². The molecule has 3 heterocycles. The molecule has 1 spiro atoms. The maximum atomic E-state index is 14.2. The van der Waals surface area contributed by atoms with Crippen LogP contribution in [0.15, 0.2) is 48.5 Å². The van der Waals surface area contributed by atoms with Crippen LogP contribution < -0.4 is 10.6 Å². The number of fused-ring (bicyclic) bond motifs is 1. The zero-order valence-electron chi connectivity index (χ0n) is 21.2. The number of rotatable bonds is 7. The predicted molar refractivity (Wildman–Crippen MR) is 139 cm³/mol. The summed E-state index contributed by atoms with van der Waals surface area (Å²) in [5, 5.41) is 16.5. The molecule has 37 heavy (non-hydrogen) atoms. The second-order valence-electron chi connectivity index (χ2n) is 10.5. The highest BCUT2D eigenvalue weighted by atomic mass is 35.5. The van der Waals surface area contributed by atoms with Crippen LogP contribution in [0, 0.1) is 18.8 Å². The number of aryl methyl sites for hydroxylation is 1. The molecule has 2 unspecified atom stereocenters. The number of aliphatic hydroxyl groups excluding tert-OH is 1. The van der Waals surface area contributed by atoms with E-state index in [0.717, 1.165) is 11.1 Å². The first kappa shape index (κ1) is 25.7. The lowest BCUT2D eigenvalue weighted by atomic mass is 9.66. The largest absolute Gasteiger partial charge is 0.394 e. The molecule has 3 aliphatic heterocycles. The fourth-order valence-electron chi connectivity index (χ4n) is 6.73. The molecule has 2 aromatic carbocycles. The first-order chi connectivity index (χ1) is 17.7. The molecule has 0 aliphatic carbocycles. The summed E-state index contributed by atoms with van der Waals surface area (Å²) in [6, 6.07) is 13.1. The van der Waals surface area contributed by atoms with Gasteiger partial charge in [-0.1, -0.05) is 54.1 Å². The molecular formula is C28H32ClN3O5. The predicted octanol–water partition coefficient (Wildman–Crippen LogP) is 2.70. The first-order valence-electron chi connectivity index (χ1n) is 12.6. The number of carbonyl (C=O) groups excluding carboxylic acids is 3. The number of benzene rings is 2. The Kier molecular flexibility index (Phi) is 6.54. The standard InChI is InChI=1S/C28H32ClN3O5/c1-16-8-7-11-19(29)22(16)31-25(35)23-28-13-12-27(2,37-28)20(24(34)30-3)21(28)26(36)32(23)18(15-33)14-17-9-5-4-6-10-17/h4-11,18,20-21,23,33H,12-15H2,1-3H3,(H,30,34)(H,31,35)/t18-,20+,21+,23?,27-,28?/m1/s1. The monoisotopic (exact) mass is 525 g/mol. The van der Waals surface area contributed by atoms with Crippen molar-refractivity contribution in [2.75, 3.05) is 19.0 Å². The Morgan fingerprint density at radius 3 is 2.54 bits per heavy atom. The van der Waals surface area contributed by atoms with Crippen molar-refractivity contribution in [3.63, 3.8) is 0 Å². The third-order valence-corrected chi connectivity index (χ3v) is 8.70. The number of nitrogens with zero attached hydrogens (tertiary/aromatic N) is 1. The lowest BCUT2D eigenvalue weighted by Crippen LogP contribution is -2.57. The van der Waals surface area contributed by atoms with Crippen LogP contribution in [0.1, 0.15) is 30.9 Å². The molecule has 0 radical (unpaired) electrons. The molecule has 5 rings (SSSR count). The maximum Gasteiger partial charge on any atom is 0.250 e. The molecule has 3 N–H and O–H groups in total. The maximum absolute atomic E-state index is 14.2. The molecule has 0 saturated carbocycles. The van der Waals surface area contributed by atoms with Crippen LogP contribution in [0.25, 0.3) is 0 Å². The van der Waals surface area contributed by atoms with E-state index >= 15 is 0 Å². The molecule has 9 heteroatoms. The van der Waals surface area contributed by atoms with E-state index < -0.39 is 41.0 Å². The first-order valence-corrected chi connectivity index (χ1v) is 13.0. The Hall–Kier alpha value is -2.94. The molecule has 3 aliphatic rings. The van der Waals surface area contributed by atoms with Gasteiger partial charge in [-0.25, -0.2) is 0 Å². The van der Waals surface area contributed by atoms with Crippen molar-refractivity contribution < 1.29 is 24.2 Å². The molecule has 2 aromatic rings. The second-order valence-corrected chi connectivity index (χ2v) is 10.9. The molecular weight excluding hydrogens is 494 g/mol. The number of anilines is 1. The van der Waals surface area contributed by atoms with Crippen molar-refractivity contribution >= 4 is 35.0 Å². The van der Waals surface area contributed by atoms with Crippen molar-refractivity contribution in [3.8, 4) is 0 Å². The zero-order chi connectivity index (χ0) is 26.5. The van der Waals surface area contributed by atoms with Crippen LogP contribution in [0.4, 0.5) is 5.69 Å². The fourth-order valence-corrected chi connectivity index (χ4v) is 7.00. The molecule has 3 saturated heterocycles. The summed E-state index contributed by atoms with van der Waals surface area (Å²) in [7, 11) is 1.54. The van der Waals surface area contributed by atoms with Gasteiger partial charge in [0.1, 0.15) is 11.6 Å². The topological polar surface area (TPSA) is 108 Å². The highest BCUT2D eigenvalue weighted by molar-refractivity contribution is 6.34. The van der Waals surface area contributed by atoms with E-state index in [4.69, 9.17) is 16.3 Å². The SMILES string of the molecule is CNC(=O)[C@@H]1[C@H]2C(=O)N([C@@H](CO)Cc3ccccc3)C(C(=O)Nc3c(C)cccc3Cl)C23CC[C@@]1(C)O3. The number of amides is 3. The number of likely N-dealkylation sites (tertiary alicyclic amines) is 1. The number of hydrogen-bond donors (Lipinski definition) is 3. The van der Waals surface area contributed by atoms with Crippen molar-refractivity contribution in [1.29, 1.82) is 0 Å². The zero-order valence-corrected chi connectivity index (χ0v) is 21.9. The van der Waals surface area contributed by atoms with E-state index in [1.165, 1.54) is 11.9 Å². The summed E-state index contributed by atoms with van der Waals surface area (Å²) in [5.74, 6) is -2.64. The second kappa shape index (κ2) is 9.42. The lowest BCUT2D eigenvalue weighted by molar-refractivity contribution is -0.147. The molecule has 196 valence electrons. The third-order valence-electron chi connectivity index (χ3n) is 8.38. The minimum atomic E-state index is -1.19. The quantitative estimate of drug-likeness (QED) is 0.515. The van der Waals surface area contributed by atoms with Crippen molar-refractivity contribution in [3.05, 3.63) is 64.7 Å². The number of hydrogen-bond acceptors (Lipinski definition) is 5. The number of ether oxygens (including phenoxy) is 1. The average Bonchev–Trinajstić information content (AvgIpc) is 3.45. The highest BCUT2D eigenvalue weighted by Gasteiger charge is 2.78. The van der Waals surface area contributed by atoms with Gasteiger partial charge >= 0.3 is 0 Å². The van der Waals surface area contributed by atoms with Gasteiger partial charge in [-0.2, -0.15) is 0 Å². The Morgan fingerprint density at radius 2 is 1.89 bits per heavy atom. The Labute approximate surface area is 221 Å². The number of aliphatic hydroxyl groups is 1. The molecule has 3 fully saturated rings. The fraction of sp³-hybridized carbons (Fsp3) is 0.464. The summed E-state index contributed by atoms with van der Waals surface area (Å²) < 4.78 is 6.59. The van der Waals surface area contributed by atoms with Gasteiger partial charge in [0.2, 0.25) is 17.7 Å². The smallest absolute Gasteiger partial charge is 0.250 e. The third kappa shape index (κ3) is 3.93. The Balaban J connectivity index is 1.59. The summed E-state index contributed by atoms with van der Waals surface area (Å²) in [6.07, 6.45) is 1.34. The summed E-state index contributed by atoms with van der Waals surface area (Å²) in [6.45, 7) is 3.34. The van der Waals surface area contributed by atoms with E-state index in [2.05, 4.69) is 10.6 Å². The minimum Gasteiger partial charge on any atom is -0.394 e. The average molecular weight is 526 g/mol. The molecule has 3 amide bonds. The highest BCUT2D eigenvalue weighted by Crippen LogP contribution is 2.63. The van der Waals surface area contributed by atoms with E-state index in [1.54, 1.807) is 12.1 Å². The molecule has 0 aromatic heterocycles. The Bertz CT molecular complexity index is 1220. The van der Waals surface area contributed by atoms with Gasteiger partial charge < -0.3 is 25.4 Å². The Morgan fingerprint density at radius 1 is 1.16 bits per heavy atom. The van der Waals surface area contributed by atoms with Gasteiger partial charge in [-0.05, 0) is 50.3 Å². The van der Waals surface area contributed by atoms with Crippen LogP contribution in [0.3, 0.4) is 0 Å². The molecule has 2 bridgehead atoms. The lowest BCUT2D eigenvalue weighted by Gasteiger charge is -2.37. The van der Waals surface area contributed by atoms with Crippen LogP contribution >= 0.6 is 11.6 Å². The van der Waals surface area contributed by atoms with Gasteiger partial charge in [0.05, 0.1) is 40.8 Å². The van der Waals surface area contributed by atoms with Gasteiger partial charge in [0.15, 0.2) is 0 Å². The summed E-state index contributed by atoms with van der Waals surface area (Å²) in [4.78, 5) is 42.8. The van der Waals surface area contributed by atoms with Crippen LogP contribution in [0.2, 0.25) is 5.02 Å². The van der Waals surface area contributed by atoms with Crippen molar-refractivity contribution in [1.82, 2.24) is 10.2 Å². The van der Waals surface area contributed by atoms with Crippen molar-refractivity contribution in [2.24, 2.45) is 11.8 Å². The summed E-state index contributed by atoms with van der Waals surface area (Å²) in [5.41, 5.74) is 0.114. The van der Waals surface area contributed by atoms with Crippen LogP contribution in [0.5, 0.6) is 0 Å².